The smallest absolute Gasteiger partial charge is 0.0693 e. The van der Waals surface area contributed by atoms with Crippen LogP contribution in [-0.4, -0.2) is 47.8 Å². The van der Waals surface area contributed by atoms with Crippen LogP contribution < -0.4 is 5.32 Å². The van der Waals surface area contributed by atoms with Gasteiger partial charge in [-0.1, -0.05) is 13.8 Å². The quantitative estimate of drug-likeness (QED) is 0.683. The maximum Gasteiger partial charge on any atom is 0.0693 e. The number of nitrogens with one attached hydrogen (secondary N) is 1. The second-order valence-electron chi connectivity index (χ2n) is 5.34. The highest BCUT2D eigenvalue weighted by atomic mass is 16.3. The third kappa shape index (κ3) is 5.36. The zero-order valence-electron chi connectivity index (χ0n) is 11.8. The SMILES string of the molecule is CCN(CC)CCCC(C)N[C@@H]1CCC[C@H]1O. The molecule has 1 aliphatic rings. The maximum atomic E-state index is 9.76. The van der Waals surface area contributed by atoms with Gasteiger partial charge in [0, 0.05) is 12.1 Å². The summed E-state index contributed by atoms with van der Waals surface area (Å²) in [5, 5.41) is 13.3. The van der Waals surface area contributed by atoms with E-state index in [1.54, 1.807) is 0 Å². The lowest BCUT2D eigenvalue weighted by atomic mass is 10.1. The molecule has 1 fully saturated rings. The number of nitrogens with zero attached hydrogens (tertiary/aromatic N) is 1. The predicted octanol–water partition coefficient (Wildman–Crippen LogP) is 2.00. The number of aliphatic hydroxyl groups excluding tert-OH is 1. The lowest BCUT2D eigenvalue weighted by Crippen LogP contribution is -2.41. The first-order valence-corrected chi connectivity index (χ1v) is 7.33. The van der Waals surface area contributed by atoms with E-state index < -0.39 is 0 Å². The van der Waals surface area contributed by atoms with Gasteiger partial charge in [-0.25, -0.2) is 0 Å². The number of hydrogen-bond acceptors (Lipinski definition) is 3. The van der Waals surface area contributed by atoms with Crippen molar-refractivity contribution in [2.45, 2.75) is 71.1 Å². The maximum absolute atomic E-state index is 9.76. The van der Waals surface area contributed by atoms with Crippen molar-refractivity contribution in [3.63, 3.8) is 0 Å². The van der Waals surface area contributed by atoms with Crippen LogP contribution in [-0.2, 0) is 0 Å². The first kappa shape index (κ1) is 14.9. The molecular formula is C14H30N2O. The summed E-state index contributed by atoms with van der Waals surface area (Å²) in [5.41, 5.74) is 0. The second kappa shape index (κ2) is 8.06. The Morgan fingerprint density at radius 2 is 2.00 bits per heavy atom. The molecule has 0 aromatic carbocycles. The van der Waals surface area contributed by atoms with Gasteiger partial charge in [0.2, 0.25) is 0 Å². The topological polar surface area (TPSA) is 35.5 Å². The molecule has 0 radical (unpaired) electrons. The van der Waals surface area contributed by atoms with Crippen molar-refractivity contribution in [2.24, 2.45) is 0 Å². The molecule has 0 aromatic rings. The van der Waals surface area contributed by atoms with Crippen LogP contribution in [0.4, 0.5) is 0 Å². The molecule has 102 valence electrons. The van der Waals surface area contributed by atoms with Crippen LogP contribution in [0.3, 0.4) is 0 Å². The summed E-state index contributed by atoms with van der Waals surface area (Å²) in [7, 11) is 0. The van der Waals surface area contributed by atoms with Gasteiger partial charge in [-0.2, -0.15) is 0 Å². The van der Waals surface area contributed by atoms with Crippen LogP contribution in [0.2, 0.25) is 0 Å². The Labute approximate surface area is 107 Å². The first-order valence-electron chi connectivity index (χ1n) is 7.33. The average Bonchev–Trinajstić information content (AvgIpc) is 2.71. The van der Waals surface area contributed by atoms with Crippen LogP contribution in [0.25, 0.3) is 0 Å². The minimum atomic E-state index is -0.111. The molecule has 0 saturated heterocycles. The summed E-state index contributed by atoms with van der Waals surface area (Å²) in [6.45, 7) is 10.2. The van der Waals surface area contributed by atoms with Crippen molar-refractivity contribution in [1.82, 2.24) is 10.2 Å². The van der Waals surface area contributed by atoms with Crippen LogP contribution in [0.1, 0.15) is 52.9 Å². The van der Waals surface area contributed by atoms with Gasteiger partial charge in [-0.15, -0.1) is 0 Å². The highest BCUT2D eigenvalue weighted by Crippen LogP contribution is 2.19. The summed E-state index contributed by atoms with van der Waals surface area (Å²) >= 11 is 0. The minimum absolute atomic E-state index is 0.111. The molecule has 0 aliphatic heterocycles. The van der Waals surface area contributed by atoms with Gasteiger partial charge in [0.15, 0.2) is 0 Å². The highest BCUT2D eigenvalue weighted by molar-refractivity contribution is 4.84. The van der Waals surface area contributed by atoms with E-state index in [1.807, 2.05) is 0 Å². The fourth-order valence-electron chi connectivity index (χ4n) is 2.74. The summed E-state index contributed by atoms with van der Waals surface area (Å²) in [4.78, 5) is 2.47. The van der Waals surface area contributed by atoms with Crippen LogP contribution in [0.15, 0.2) is 0 Å². The Hall–Kier alpha value is -0.120. The van der Waals surface area contributed by atoms with Gasteiger partial charge >= 0.3 is 0 Å². The normalized spacial score (nSPS) is 26.6. The van der Waals surface area contributed by atoms with Crippen LogP contribution in [0.5, 0.6) is 0 Å². The Balaban J connectivity index is 2.10. The predicted molar refractivity (Wildman–Crippen MR) is 73.3 cm³/mol. The molecule has 0 amide bonds. The largest absolute Gasteiger partial charge is 0.392 e. The summed E-state index contributed by atoms with van der Waals surface area (Å²) in [6, 6.07) is 0.877. The Morgan fingerprint density at radius 3 is 2.53 bits per heavy atom. The van der Waals surface area contributed by atoms with E-state index in [4.69, 9.17) is 0 Å². The Kier molecular flexibility index (Phi) is 7.09. The monoisotopic (exact) mass is 242 g/mol. The molecule has 0 bridgehead atoms. The van der Waals surface area contributed by atoms with Gasteiger partial charge in [-0.3, -0.25) is 0 Å². The zero-order chi connectivity index (χ0) is 12.7. The summed E-state index contributed by atoms with van der Waals surface area (Å²) in [5.74, 6) is 0. The molecule has 1 rings (SSSR count). The van der Waals surface area contributed by atoms with Gasteiger partial charge < -0.3 is 15.3 Å². The molecule has 2 N–H and O–H groups in total. The molecule has 1 aliphatic carbocycles. The van der Waals surface area contributed by atoms with E-state index >= 15 is 0 Å². The number of aliphatic hydroxyl groups is 1. The molecule has 3 heteroatoms. The molecular weight excluding hydrogens is 212 g/mol. The first-order chi connectivity index (χ1) is 8.17. The Morgan fingerprint density at radius 1 is 1.29 bits per heavy atom. The van der Waals surface area contributed by atoms with Gasteiger partial charge in [0.1, 0.15) is 0 Å². The third-order valence-corrected chi connectivity index (χ3v) is 3.98. The number of hydrogen-bond donors (Lipinski definition) is 2. The molecule has 0 aromatic heterocycles. The summed E-state index contributed by atoms with van der Waals surface area (Å²) < 4.78 is 0. The standard InChI is InChI=1S/C14H30N2O/c1-4-16(5-2)11-7-8-12(3)15-13-9-6-10-14(13)17/h12-15,17H,4-11H2,1-3H3/t12?,13-,14-/m1/s1. The van der Waals surface area contributed by atoms with Crippen molar-refractivity contribution in [3.05, 3.63) is 0 Å². The van der Waals surface area contributed by atoms with E-state index in [-0.39, 0.29) is 6.10 Å². The van der Waals surface area contributed by atoms with Crippen LogP contribution >= 0.6 is 0 Å². The molecule has 3 nitrogen and oxygen atoms in total. The molecule has 1 unspecified atom stereocenters. The lowest BCUT2D eigenvalue weighted by Gasteiger charge is -2.23. The minimum Gasteiger partial charge on any atom is -0.392 e. The molecule has 0 spiro atoms. The molecule has 17 heavy (non-hydrogen) atoms. The fraction of sp³-hybridized carbons (Fsp3) is 1.00. The van der Waals surface area contributed by atoms with Crippen molar-refractivity contribution in [2.75, 3.05) is 19.6 Å². The molecule has 3 atom stereocenters. The van der Waals surface area contributed by atoms with Crippen molar-refractivity contribution in [3.8, 4) is 0 Å². The lowest BCUT2D eigenvalue weighted by molar-refractivity contribution is 0.142. The third-order valence-electron chi connectivity index (χ3n) is 3.98. The average molecular weight is 242 g/mol. The zero-order valence-corrected chi connectivity index (χ0v) is 11.8. The highest BCUT2D eigenvalue weighted by Gasteiger charge is 2.25. The van der Waals surface area contributed by atoms with Crippen molar-refractivity contribution >= 4 is 0 Å². The van der Waals surface area contributed by atoms with Crippen LogP contribution in [0, 0.1) is 0 Å². The van der Waals surface area contributed by atoms with Gasteiger partial charge in [0.25, 0.3) is 0 Å². The van der Waals surface area contributed by atoms with E-state index in [0.717, 1.165) is 25.9 Å². The Bertz CT molecular complexity index is 195. The molecule has 1 saturated carbocycles. The number of rotatable bonds is 8. The van der Waals surface area contributed by atoms with E-state index in [1.165, 1.54) is 25.8 Å². The van der Waals surface area contributed by atoms with E-state index in [0.29, 0.717) is 12.1 Å². The fourth-order valence-corrected chi connectivity index (χ4v) is 2.74. The van der Waals surface area contributed by atoms with E-state index in [2.05, 4.69) is 31.0 Å². The van der Waals surface area contributed by atoms with Gasteiger partial charge in [0.05, 0.1) is 6.10 Å². The van der Waals surface area contributed by atoms with E-state index in [9.17, 15) is 5.11 Å². The second-order valence-corrected chi connectivity index (χ2v) is 5.34. The summed E-state index contributed by atoms with van der Waals surface area (Å²) in [6.07, 6.45) is 5.63. The van der Waals surface area contributed by atoms with Crippen molar-refractivity contribution < 1.29 is 5.11 Å². The molecule has 0 heterocycles. The van der Waals surface area contributed by atoms with Crippen molar-refractivity contribution in [1.29, 1.82) is 0 Å². The van der Waals surface area contributed by atoms with Gasteiger partial charge in [-0.05, 0) is 58.7 Å².